The maximum Gasteiger partial charge on any atom is 0.433 e. The number of hydrogen-bond acceptors (Lipinski definition) is 5. The molecule has 6 nitrogen and oxygen atoms in total. The summed E-state index contributed by atoms with van der Waals surface area (Å²) in [6.07, 6.45) is -2.72. The van der Waals surface area contributed by atoms with Crippen molar-refractivity contribution in [3.05, 3.63) is 53.0 Å². The summed E-state index contributed by atoms with van der Waals surface area (Å²) in [5.74, 6) is 1.35. The fourth-order valence-corrected chi connectivity index (χ4v) is 4.15. The normalized spacial score (nSPS) is 17.4. The molecule has 166 valence electrons. The van der Waals surface area contributed by atoms with Crippen LogP contribution in [0.25, 0.3) is 5.65 Å². The highest BCUT2D eigenvalue weighted by Crippen LogP contribution is 2.36. The predicted octanol–water partition coefficient (Wildman–Crippen LogP) is 4.80. The molecule has 31 heavy (non-hydrogen) atoms. The summed E-state index contributed by atoms with van der Waals surface area (Å²) in [5.41, 5.74) is 1.38. The molecule has 0 radical (unpaired) electrons. The van der Waals surface area contributed by atoms with Gasteiger partial charge < -0.3 is 9.47 Å². The molecule has 1 atom stereocenters. The third-order valence-corrected chi connectivity index (χ3v) is 5.48. The Balaban J connectivity index is 1.62. The number of ether oxygens (including phenoxy) is 2. The Kier molecular flexibility index (Phi) is 5.79. The third-order valence-electron chi connectivity index (χ3n) is 5.48. The van der Waals surface area contributed by atoms with Crippen LogP contribution in [0.1, 0.15) is 48.5 Å². The summed E-state index contributed by atoms with van der Waals surface area (Å²) in [7, 11) is 1.60. The van der Waals surface area contributed by atoms with Crippen molar-refractivity contribution in [3.63, 3.8) is 0 Å². The predicted molar refractivity (Wildman–Crippen MR) is 109 cm³/mol. The Morgan fingerprint density at radius 1 is 1.16 bits per heavy atom. The smallest absolute Gasteiger partial charge is 0.433 e. The Labute approximate surface area is 178 Å². The van der Waals surface area contributed by atoms with Crippen LogP contribution >= 0.6 is 0 Å². The lowest BCUT2D eigenvalue weighted by molar-refractivity contribution is -0.142. The van der Waals surface area contributed by atoms with E-state index < -0.39 is 11.9 Å². The molecular weight excluding hydrogens is 409 g/mol. The zero-order valence-corrected chi connectivity index (χ0v) is 17.7. The van der Waals surface area contributed by atoms with Crippen molar-refractivity contribution in [3.8, 4) is 11.5 Å². The number of methoxy groups -OCH3 is 1. The Bertz CT molecular complexity index is 1080. The molecule has 0 bridgehead atoms. The van der Waals surface area contributed by atoms with Crippen LogP contribution in [0.15, 0.2) is 30.3 Å². The summed E-state index contributed by atoms with van der Waals surface area (Å²) in [6.45, 7) is 5.50. The first-order valence-corrected chi connectivity index (χ1v) is 10.3. The molecule has 3 heterocycles. The lowest BCUT2D eigenvalue weighted by Gasteiger charge is -2.23. The summed E-state index contributed by atoms with van der Waals surface area (Å²) in [5, 5.41) is 4.31. The number of halogens is 3. The van der Waals surface area contributed by atoms with E-state index in [2.05, 4.69) is 15.0 Å². The van der Waals surface area contributed by atoms with Crippen molar-refractivity contribution >= 4 is 5.65 Å². The van der Waals surface area contributed by atoms with Gasteiger partial charge in [-0.2, -0.15) is 18.3 Å². The van der Waals surface area contributed by atoms with E-state index in [1.165, 1.54) is 0 Å². The number of nitrogens with zero attached hydrogens (tertiary/aromatic N) is 4. The van der Waals surface area contributed by atoms with Crippen molar-refractivity contribution in [1.82, 2.24) is 19.5 Å². The number of rotatable bonds is 6. The first kappa shape index (κ1) is 21.4. The van der Waals surface area contributed by atoms with Gasteiger partial charge in [-0.1, -0.05) is 6.07 Å². The minimum absolute atomic E-state index is 0.0688. The first-order valence-electron chi connectivity index (χ1n) is 10.3. The van der Waals surface area contributed by atoms with E-state index in [1.54, 1.807) is 20.1 Å². The highest BCUT2D eigenvalue weighted by atomic mass is 19.4. The zero-order chi connectivity index (χ0) is 22.2. The SMILES string of the molecule is CCOc1ccc(CN2CCC[C@@H]2c2cc3nc(C)cc(C(F)(F)F)n3n2)cc1OC. The van der Waals surface area contributed by atoms with Gasteiger partial charge in [-0.15, -0.1) is 0 Å². The topological polar surface area (TPSA) is 51.9 Å². The summed E-state index contributed by atoms with van der Waals surface area (Å²) >= 11 is 0. The molecule has 2 aromatic heterocycles. The minimum Gasteiger partial charge on any atom is -0.493 e. The Morgan fingerprint density at radius 3 is 2.68 bits per heavy atom. The van der Waals surface area contributed by atoms with Gasteiger partial charge in [0, 0.05) is 18.3 Å². The number of aromatic nitrogens is 3. The molecule has 1 saturated heterocycles. The second kappa shape index (κ2) is 8.37. The van der Waals surface area contributed by atoms with Crippen LogP contribution in [0, 0.1) is 6.92 Å². The van der Waals surface area contributed by atoms with Gasteiger partial charge in [-0.05, 0) is 57.0 Å². The molecule has 1 aliphatic rings. The van der Waals surface area contributed by atoms with Crippen molar-refractivity contribution < 1.29 is 22.6 Å². The largest absolute Gasteiger partial charge is 0.493 e. The summed E-state index contributed by atoms with van der Waals surface area (Å²) < 4.78 is 52.4. The molecular formula is C22H25F3N4O2. The number of hydrogen-bond donors (Lipinski definition) is 0. The van der Waals surface area contributed by atoms with E-state index in [0.29, 0.717) is 36.0 Å². The van der Waals surface area contributed by atoms with Crippen molar-refractivity contribution in [2.24, 2.45) is 0 Å². The standard InChI is InChI=1S/C22H25F3N4O2/c1-4-31-18-8-7-15(11-19(18)30-3)13-28-9-5-6-17(28)16-12-21-26-14(2)10-20(22(23,24)25)29(21)27-16/h7-8,10-12,17H,4-6,9,13H2,1-3H3/t17-/m1/s1. The van der Waals surface area contributed by atoms with E-state index in [4.69, 9.17) is 9.47 Å². The molecule has 0 amide bonds. The zero-order valence-electron chi connectivity index (χ0n) is 17.7. The van der Waals surface area contributed by atoms with Crippen LogP contribution in [-0.4, -0.2) is 39.8 Å². The molecule has 0 unspecified atom stereocenters. The van der Waals surface area contributed by atoms with Gasteiger partial charge >= 0.3 is 6.18 Å². The van der Waals surface area contributed by atoms with Crippen LogP contribution in [0.3, 0.4) is 0 Å². The van der Waals surface area contributed by atoms with Gasteiger partial charge in [-0.25, -0.2) is 9.50 Å². The molecule has 4 rings (SSSR count). The molecule has 1 aliphatic heterocycles. The van der Waals surface area contributed by atoms with Gasteiger partial charge in [0.1, 0.15) is 5.69 Å². The van der Waals surface area contributed by atoms with E-state index in [1.807, 2.05) is 25.1 Å². The van der Waals surface area contributed by atoms with E-state index in [0.717, 1.165) is 35.5 Å². The van der Waals surface area contributed by atoms with E-state index in [9.17, 15) is 13.2 Å². The second-order valence-corrected chi connectivity index (χ2v) is 7.67. The number of fused-ring (bicyclic) bond motifs is 1. The lowest BCUT2D eigenvalue weighted by atomic mass is 10.1. The molecule has 1 aromatic carbocycles. The molecule has 0 saturated carbocycles. The maximum absolute atomic E-state index is 13.5. The molecule has 0 N–H and O–H groups in total. The van der Waals surface area contributed by atoms with Crippen molar-refractivity contribution in [2.75, 3.05) is 20.3 Å². The number of alkyl halides is 3. The molecule has 3 aromatic rings. The molecule has 1 fully saturated rings. The summed E-state index contributed by atoms with van der Waals surface area (Å²) in [4.78, 5) is 6.49. The fourth-order valence-electron chi connectivity index (χ4n) is 4.15. The van der Waals surface area contributed by atoms with E-state index >= 15 is 0 Å². The van der Waals surface area contributed by atoms with Crippen LogP contribution in [-0.2, 0) is 12.7 Å². The van der Waals surface area contributed by atoms with Crippen LogP contribution in [0.4, 0.5) is 13.2 Å². The Hall–Kier alpha value is -2.81. The quantitative estimate of drug-likeness (QED) is 0.558. The average Bonchev–Trinajstić information content (AvgIpc) is 3.34. The molecule has 0 aliphatic carbocycles. The van der Waals surface area contributed by atoms with Gasteiger partial charge in [-0.3, -0.25) is 4.90 Å². The molecule has 9 heteroatoms. The van der Waals surface area contributed by atoms with Gasteiger partial charge in [0.25, 0.3) is 0 Å². The minimum atomic E-state index is -4.50. The molecule has 0 spiro atoms. The van der Waals surface area contributed by atoms with Crippen molar-refractivity contribution in [1.29, 1.82) is 0 Å². The highest BCUT2D eigenvalue weighted by Gasteiger charge is 2.36. The lowest BCUT2D eigenvalue weighted by Crippen LogP contribution is -2.23. The van der Waals surface area contributed by atoms with E-state index in [-0.39, 0.29) is 11.7 Å². The number of likely N-dealkylation sites (tertiary alicyclic amines) is 1. The number of aryl methyl sites for hydroxylation is 1. The second-order valence-electron chi connectivity index (χ2n) is 7.67. The maximum atomic E-state index is 13.5. The van der Waals surface area contributed by atoms with Crippen LogP contribution < -0.4 is 9.47 Å². The highest BCUT2D eigenvalue weighted by molar-refractivity contribution is 5.44. The van der Waals surface area contributed by atoms with Gasteiger partial charge in [0.2, 0.25) is 0 Å². The first-order chi connectivity index (χ1) is 14.8. The van der Waals surface area contributed by atoms with Gasteiger partial charge in [0.05, 0.1) is 25.5 Å². The van der Waals surface area contributed by atoms with Crippen LogP contribution in [0.5, 0.6) is 11.5 Å². The Morgan fingerprint density at radius 2 is 1.97 bits per heavy atom. The van der Waals surface area contributed by atoms with Crippen LogP contribution in [0.2, 0.25) is 0 Å². The monoisotopic (exact) mass is 434 g/mol. The fraction of sp³-hybridized carbons (Fsp3) is 0.455. The average molecular weight is 434 g/mol. The van der Waals surface area contributed by atoms with Crippen molar-refractivity contribution in [2.45, 2.75) is 45.5 Å². The number of benzene rings is 1. The summed E-state index contributed by atoms with van der Waals surface area (Å²) in [6, 6.07) is 8.44. The third kappa shape index (κ3) is 4.32. The van der Waals surface area contributed by atoms with Gasteiger partial charge in [0.15, 0.2) is 17.1 Å².